The van der Waals surface area contributed by atoms with Gasteiger partial charge in [0.25, 0.3) is 5.91 Å². The number of methoxy groups -OCH3 is 1. The molecule has 0 bridgehead atoms. The van der Waals surface area contributed by atoms with Crippen LogP contribution in [0.25, 0.3) is 0 Å². The minimum atomic E-state index is -3.32. The van der Waals surface area contributed by atoms with Crippen LogP contribution in [0.1, 0.15) is 29.6 Å². The van der Waals surface area contributed by atoms with Crippen LogP contribution in [0.15, 0.2) is 18.2 Å². The van der Waals surface area contributed by atoms with E-state index in [0.29, 0.717) is 13.0 Å². The largest absolute Gasteiger partial charge is 0.494 e. The van der Waals surface area contributed by atoms with Crippen LogP contribution in [0.4, 0.5) is 4.39 Å². The van der Waals surface area contributed by atoms with Gasteiger partial charge in [-0.1, -0.05) is 0 Å². The predicted octanol–water partition coefficient (Wildman–Crippen LogP) is 1.38. The summed E-state index contributed by atoms with van der Waals surface area (Å²) in [6.45, 7) is 0.700. The number of benzene rings is 1. The van der Waals surface area contributed by atoms with Gasteiger partial charge in [0.15, 0.2) is 11.6 Å². The van der Waals surface area contributed by atoms with E-state index in [4.69, 9.17) is 4.74 Å². The molecule has 23 heavy (non-hydrogen) atoms. The number of piperidine rings is 1. The molecular formula is C15H21FN2O4S. The van der Waals surface area contributed by atoms with Crippen molar-refractivity contribution in [3.05, 3.63) is 29.6 Å². The molecule has 1 heterocycles. The molecule has 0 radical (unpaired) electrons. The normalized spacial score (nSPS) is 18.7. The molecule has 0 aromatic heterocycles. The fourth-order valence-corrected chi connectivity index (χ4v) is 3.19. The molecule has 128 valence electrons. The van der Waals surface area contributed by atoms with Gasteiger partial charge in [-0.3, -0.25) is 4.79 Å². The number of carbonyl (C=O) groups excluding carboxylic acids is 1. The first-order valence-corrected chi connectivity index (χ1v) is 9.30. The average Bonchev–Trinajstić information content (AvgIpc) is 2.51. The van der Waals surface area contributed by atoms with Crippen LogP contribution in [-0.2, 0) is 10.0 Å². The van der Waals surface area contributed by atoms with Crippen molar-refractivity contribution in [2.24, 2.45) is 0 Å². The quantitative estimate of drug-likeness (QED) is 0.875. The molecule has 0 spiro atoms. The van der Waals surface area contributed by atoms with Crippen LogP contribution < -0.4 is 9.46 Å². The summed E-state index contributed by atoms with van der Waals surface area (Å²) in [4.78, 5) is 14.2. The number of sulfonamides is 1. The number of rotatable bonds is 5. The van der Waals surface area contributed by atoms with Crippen molar-refractivity contribution in [1.29, 1.82) is 0 Å². The molecule has 1 atom stereocenters. The van der Waals surface area contributed by atoms with Gasteiger partial charge in [0.2, 0.25) is 10.0 Å². The average molecular weight is 344 g/mol. The minimum Gasteiger partial charge on any atom is -0.494 e. The lowest BCUT2D eigenvalue weighted by Gasteiger charge is -2.35. The first kappa shape index (κ1) is 17.7. The smallest absolute Gasteiger partial charge is 0.254 e. The van der Waals surface area contributed by atoms with Crippen LogP contribution in [0, 0.1) is 5.82 Å². The van der Waals surface area contributed by atoms with E-state index >= 15 is 0 Å². The minimum absolute atomic E-state index is 0.0792. The zero-order chi connectivity index (χ0) is 17.0. The molecule has 6 nitrogen and oxygen atoms in total. The molecule has 1 aliphatic heterocycles. The molecule has 0 saturated carbocycles. The van der Waals surface area contributed by atoms with Gasteiger partial charge in [0.1, 0.15) is 0 Å². The molecule has 1 amide bonds. The van der Waals surface area contributed by atoms with Crippen molar-refractivity contribution < 1.29 is 22.3 Å². The van der Waals surface area contributed by atoms with E-state index in [9.17, 15) is 17.6 Å². The van der Waals surface area contributed by atoms with Crippen molar-refractivity contribution in [1.82, 2.24) is 9.62 Å². The van der Waals surface area contributed by atoms with Crippen LogP contribution >= 0.6 is 0 Å². The van der Waals surface area contributed by atoms with Gasteiger partial charge in [0.05, 0.1) is 13.4 Å². The van der Waals surface area contributed by atoms with Gasteiger partial charge < -0.3 is 9.64 Å². The van der Waals surface area contributed by atoms with Gasteiger partial charge in [-0.15, -0.1) is 0 Å². The maximum Gasteiger partial charge on any atom is 0.254 e. The highest BCUT2D eigenvalue weighted by Crippen LogP contribution is 2.22. The second-order valence-corrected chi connectivity index (χ2v) is 7.45. The maximum absolute atomic E-state index is 13.8. The van der Waals surface area contributed by atoms with Gasteiger partial charge in [-0.25, -0.2) is 17.5 Å². The number of nitrogens with one attached hydrogen (secondary N) is 1. The van der Waals surface area contributed by atoms with E-state index in [1.54, 1.807) is 4.90 Å². The monoisotopic (exact) mass is 344 g/mol. The summed E-state index contributed by atoms with van der Waals surface area (Å²) in [5.74, 6) is -0.816. The second-order valence-electron chi connectivity index (χ2n) is 5.62. The molecule has 1 N–H and O–H groups in total. The van der Waals surface area contributed by atoms with Crippen LogP contribution in [0.3, 0.4) is 0 Å². The van der Waals surface area contributed by atoms with Crippen LogP contribution in [-0.4, -0.2) is 51.7 Å². The van der Waals surface area contributed by atoms with Gasteiger partial charge in [0, 0.05) is 24.7 Å². The van der Waals surface area contributed by atoms with E-state index < -0.39 is 15.8 Å². The lowest BCUT2D eigenvalue weighted by molar-refractivity contribution is 0.0618. The third-order valence-corrected chi connectivity index (χ3v) is 4.56. The Morgan fingerprint density at radius 3 is 2.78 bits per heavy atom. The lowest BCUT2D eigenvalue weighted by atomic mass is 10.0. The summed E-state index contributed by atoms with van der Waals surface area (Å²) in [7, 11) is -1.96. The van der Waals surface area contributed by atoms with Crippen molar-refractivity contribution in [2.75, 3.05) is 26.5 Å². The number of hydrogen-bond acceptors (Lipinski definition) is 4. The number of halogens is 1. The number of amides is 1. The summed E-state index contributed by atoms with van der Waals surface area (Å²) in [6.07, 6.45) is 3.57. The number of ether oxygens (including phenoxy) is 1. The molecule has 8 heteroatoms. The molecule has 1 unspecified atom stereocenters. The third-order valence-electron chi connectivity index (χ3n) is 3.87. The Hall–Kier alpha value is -1.67. The first-order valence-electron chi connectivity index (χ1n) is 7.41. The highest BCUT2D eigenvalue weighted by Gasteiger charge is 2.28. The molecule has 1 aromatic carbocycles. The SMILES string of the molecule is COc1ccc(C(=O)N2CCCCC2CNS(C)(=O)=O)cc1F. The Labute approximate surface area is 135 Å². The Morgan fingerprint density at radius 1 is 1.43 bits per heavy atom. The first-order chi connectivity index (χ1) is 10.8. The summed E-state index contributed by atoms with van der Waals surface area (Å²) in [5, 5.41) is 0. The predicted molar refractivity (Wildman–Crippen MR) is 84.5 cm³/mol. The van der Waals surface area contributed by atoms with Crippen LogP contribution in [0.5, 0.6) is 5.75 Å². The number of likely N-dealkylation sites (tertiary alicyclic amines) is 1. The molecular weight excluding hydrogens is 323 g/mol. The van der Waals surface area contributed by atoms with E-state index in [1.165, 1.54) is 19.2 Å². The lowest BCUT2D eigenvalue weighted by Crippen LogP contribution is -2.49. The Bertz CT molecular complexity index is 678. The van der Waals surface area contributed by atoms with Crippen molar-refractivity contribution >= 4 is 15.9 Å². The third kappa shape index (κ3) is 4.65. The topological polar surface area (TPSA) is 75.7 Å². The fraction of sp³-hybridized carbons (Fsp3) is 0.533. The zero-order valence-corrected chi connectivity index (χ0v) is 14.0. The Balaban J connectivity index is 2.16. The summed E-state index contributed by atoms with van der Waals surface area (Å²) >= 11 is 0. The maximum atomic E-state index is 13.8. The molecule has 1 aliphatic rings. The van der Waals surface area contributed by atoms with Crippen LogP contribution in [0.2, 0.25) is 0 Å². The molecule has 1 saturated heterocycles. The molecule has 1 aromatic rings. The van der Waals surface area contributed by atoms with E-state index in [0.717, 1.165) is 25.2 Å². The van der Waals surface area contributed by atoms with Gasteiger partial charge in [-0.2, -0.15) is 0 Å². The van der Waals surface area contributed by atoms with E-state index in [2.05, 4.69) is 4.72 Å². The van der Waals surface area contributed by atoms with Crippen molar-refractivity contribution in [3.63, 3.8) is 0 Å². The zero-order valence-electron chi connectivity index (χ0n) is 13.2. The Kier molecular flexibility index (Phi) is 5.59. The molecule has 1 fully saturated rings. The summed E-state index contributed by atoms with van der Waals surface area (Å²) in [5.41, 5.74) is 0.231. The van der Waals surface area contributed by atoms with Crippen molar-refractivity contribution in [2.45, 2.75) is 25.3 Å². The molecule has 0 aliphatic carbocycles. The van der Waals surface area contributed by atoms with Gasteiger partial charge in [-0.05, 0) is 37.5 Å². The number of hydrogen-bond donors (Lipinski definition) is 1. The molecule has 2 rings (SSSR count). The van der Waals surface area contributed by atoms with Gasteiger partial charge >= 0.3 is 0 Å². The number of nitrogens with zero attached hydrogens (tertiary/aromatic N) is 1. The van der Waals surface area contributed by atoms with Crippen molar-refractivity contribution in [3.8, 4) is 5.75 Å². The Morgan fingerprint density at radius 2 is 2.17 bits per heavy atom. The summed E-state index contributed by atoms with van der Waals surface area (Å²) < 4.78 is 43.6. The number of carbonyl (C=O) groups is 1. The van der Waals surface area contributed by atoms with E-state index in [-0.39, 0.29) is 29.8 Å². The highest BCUT2D eigenvalue weighted by atomic mass is 32.2. The second kappa shape index (κ2) is 7.27. The fourth-order valence-electron chi connectivity index (χ4n) is 2.69. The highest BCUT2D eigenvalue weighted by molar-refractivity contribution is 7.88. The summed E-state index contributed by atoms with van der Waals surface area (Å²) in [6, 6.07) is 3.85. The standard InChI is InChI=1S/C15H21FN2O4S/c1-22-14-7-6-11(9-13(14)16)15(19)18-8-4-3-5-12(18)10-17-23(2,20)21/h6-7,9,12,17H,3-5,8,10H2,1-2H3. The van der Waals surface area contributed by atoms with E-state index in [1.807, 2.05) is 0 Å².